The second-order valence-electron chi connectivity index (χ2n) is 3.94. The van der Waals surface area contributed by atoms with E-state index in [4.69, 9.17) is 17.3 Å². The van der Waals surface area contributed by atoms with Crippen LogP contribution in [0, 0.1) is 5.82 Å². The fraction of sp³-hybridized carbons (Fsp3) is 0.0714. The van der Waals surface area contributed by atoms with E-state index in [-0.39, 0.29) is 22.8 Å². The quantitative estimate of drug-likeness (QED) is 0.680. The maximum Gasteiger partial charge on any atom is 0.167 e. The average molecular weight is 264 g/mol. The van der Waals surface area contributed by atoms with E-state index in [1.165, 1.54) is 6.07 Å². The summed E-state index contributed by atoms with van der Waals surface area (Å²) in [5.74, 6) is -0.736. The lowest BCUT2D eigenvalue weighted by Crippen LogP contribution is -2.06. The highest BCUT2D eigenvalue weighted by atomic mass is 35.5. The molecule has 0 aromatic heterocycles. The van der Waals surface area contributed by atoms with Crippen molar-refractivity contribution in [1.29, 1.82) is 0 Å². The summed E-state index contributed by atoms with van der Waals surface area (Å²) in [6, 6.07) is 11.2. The number of Topliss-reactive ketones (excluding diaryl/α,β-unsaturated/α-hetero) is 1. The second kappa shape index (κ2) is 5.19. The maximum absolute atomic E-state index is 13.6. The third kappa shape index (κ3) is 2.68. The predicted molar refractivity (Wildman–Crippen MR) is 70.3 cm³/mol. The van der Waals surface area contributed by atoms with Crippen LogP contribution in [0.25, 0.3) is 0 Å². The van der Waals surface area contributed by atoms with Gasteiger partial charge in [-0.25, -0.2) is 4.39 Å². The van der Waals surface area contributed by atoms with Gasteiger partial charge in [-0.1, -0.05) is 35.9 Å². The Morgan fingerprint density at radius 1 is 1.22 bits per heavy atom. The number of halogens is 2. The number of carbonyl (C=O) groups excluding carboxylic acids is 1. The molecule has 2 nitrogen and oxygen atoms in total. The largest absolute Gasteiger partial charge is 0.399 e. The normalized spacial score (nSPS) is 10.3. The molecule has 18 heavy (non-hydrogen) atoms. The van der Waals surface area contributed by atoms with Crippen molar-refractivity contribution in [3.05, 3.63) is 64.4 Å². The summed E-state index contributed by atoms with van der Waals surface area (Å²) in [4.78, 5) is 12.0. The van der Waals surface area contributed by atoms with Gasteiger partial charge in [-0.2, -0.15) is 0 Å². The van der Waals surface area contributed by atoms with E-state index in [9.17, 15) is 9.18 Å². The van der Waals surface area contributed by atoms with Crippen molar-refractivity contribution in [2.24, 2.45) is 0 Å². The van der Waals surface area contributed by atoms with Gasteiger partial charge < -0.3 is 5.73 Å². The number of ketones is 1. The van der Waals surface area contributed by atoms with E-state index in [1.54, 1.807) is 36.4 Å². The van der Waals surface area contributed by atoms with E-state index >= 15 is 0 Å². The summed E-state index contributed by atoms with van der Waals surface area (Å²) in [6.45, 7) is 0. The molecule has 2 aromatic rings. The van der Waals surface area contributed by atoms with Crippen molar-refractivity contribution in [2.45, 2.75) is 6.42 Å². The standard InChI is InChI=1S/C14H11ClFNO/c15-12-6-2-4-10(14(12)16)8-13(18)9-3-1-5-11(17)7-9/h1-7H,8,17H2. The number of hydrogen-bond donors (Lipinski definition) is 1. The summed E-state index contributed by atoms with van der Waals surface area (Å²) >= 11 is 5.66. The lowest BCUT2D eigenvalue weighted by Gasteiger charge is -2.05. The van der Waals surface area contributed by atoms with Crippen LogP contribution in [-0.4, -0.2) is 5.78 Å². The van der Waals surface area contributed by atoms with Crippen molar-refractivity contribution < 1.29 is 9.18 Å². The molecular weight excluding hydrogens is 253 g/mol. The molecule has 0 aliphatic rings. The molecule has 0 amide bonds. The lowest BCUT2D eigenvalue weighted by molar-refractivity contribution is 0.0992. The summed E-state index contributed by atoms with van der Waals surface area (Å²) in [7, 11) is 0. The third-order valence-electron chi connectivity index (χ3n) is 2.59. The summed E-state index contributed by atoms with van der Waals surface area (Å²) in [5, 5.41) is 0.0212. The van der Waals surface area contributed by atoms with Crippen molar-refractivity contribution >= 4 is 23.1 Å². The van der Waals surface area contributed by atoms with Crippen molar-refractivity contribution in [1.82, 2.24) is 0 Å². The Morgan fingerprint density at radius 2 is 1.94 bits per heavy atom. The Morgan fingerprint density at radius 3 is 2.67 bits per heavy atom. The van der Waals surface area contributed by atoms with E-state index in [0.717, 1.165) is 0 Å². The molecule has 0 heterocycles. The van der Waals surface area contributed by atoms with Gasteiger partial charge in [0, 0.05) is 17.7 Å². The first kappa shape index (κ1) is 12.6. The zero-order chi connectivity index (χ0) is 13.1. The molecule has 92 valence electrons. The molecule has 4 heteroatoms. The molecule has 0 fully saturated rings. The Balaban J connectivity index is 2.24. The first-order chi connectivity index (χ1) is 8.58. The molecular formula is C14H11ClFNO. The number of benzene rings is 2. The van der Waals surface area contributed by atoms with Gasteiger partial charge in [-0.05, 0) is 23.8 Å². The maximum atomic E-state index is 13.6. The highest BCUT2D eigenvalue weighted by molar-refractivity contribution is 6.30. The van der Waals surface area contributed by atoms with Crippen LogP contribution in [0.4, 0.5) is 10.1 Å². The predicted octanol–water partition coefficient (Wildman–Crippen LogP) is 3.49. The van der Waals surface area contributed by atoms with Crippen molar-refractivity contribution in [2.75, 3.05) is 5.73 Å². The Kier molecular flexibility index (Phi) is 3.63. The topological polar surface area (TPSA) is 43.1 Å². The number of nitrogen functional groups attached to an aromatic ring is 1. The molecule has 2 rings (SSSR count). The fourth-order valence-electron chi connectivity index (χ4n) is 1.67. The van der Waals surface area contributed by atoms with Crippen molar-refractivity contribution in [3.8, 4) is 0 Å². The van der Waals surface area contributed by atoms with Crippen molar-refractivity contribution in [3.63, 3.8) is 0 Å². The molecule has 0 atom stereocenters. The van der Waals surface area contributed by atoms with Crippen LogP contribution in [0.1, 0.15) is 15.9 Å². The van der Waals surface area contributed by atoms with E-state index in [2.05, 4.69) is 0 Å². The fourth-order valence-corrected chi connectivity index (χ4v) is 1.87. The Labute approximate surface area is 109 Å². The number of nitrogens with two attached hydrogens (primary N) is 1. The molecule has 2 aromatic carbocycles. The highest BCUT2D eigenvalue weighted by Crippen LogP contribution is 2.19. The van der Waals surface area contributed by atoms with Crippen LogP contribution in [-0.2, 0) is 6.42 Å². The Hall–Kier alpha value is -1.87. The molecule has 0 unspecified atom stereocenters. The minimum atomic E-state index is -0.545. The van der Waals surface area contributed by atoms with E-state index in [0.29, 0.717) is 11.3 Å². The number of hydrogen-bond acceptors (Lipinski definition) is 2. The van der Waals surface area contributed by atoms with Gasteiger partial charge in [0.25, 0.3) is 0 Å². The number of rotatable bonds is 3. The van der Waals surface area contributed by atoms with Crippen LogP contribution < -0.4 is 5.73 Å². The van der Waals surface area contributed by atoms with Gasteiger partial charge in [0.2, 0.25) is 0 Å². The van der Waals surface area contributed by atoms with Gasteiger partial charge in [0.15, 0.2) is 5.78 Å². The molecule has 0 aliphatic carbocycles. The average Bonchev–Trinajstić information content (AvgIpc) is 2.35. The zero-order valence-corrected chi connectivity index (χ0v) is 10.2. The lowest BCUT2D eigenvalue weighted by atomic mass is 10.0. The Bertz CT molecular complexity index is 598. The van der Waals surface area contributed by atoms with Gasteiger partial charge in [-0.15, -0.1) is 0 Å². The first-order valence-corrected chi connectivity index (χ1v) is 5.77. The number of carbonyl (C=O) groups is 1. The second-order valence-corrected chi connectivity index (χ2v) is 4.35. The zero-order valence-electron chi connectivity index (χ0n) is 9.49. The van der Waals surface area contributed by atoms with Crippen LogP contribution in [0.3, 0.4) is 0 Å². The molecule has 0 radical (unpaired) electrons. The van der Waals surface area contributed by atoms with E-state index < -0.39 is 5.82 Å². The van der Waals surface area contributed by atoms with Crippen LogP contribution >= 0.6 is 11.6 Å². The smallest absolute Gasteiger partial charge is 0.167 e. The highest BCUT2D eigenvalue weighted by Gasteiger charge is 2.12. The minimum absolute atomic E-state index is 0.0212. The molecule has 0 saturated heterocycles. The summed E-state index contributed by atoms with van der Waals surface area (Å²) in [6.07, 6.45) is -0.0319. The van der Waals surface area contributed by atoms with Gasteiger partial charge >= 0.3 is 0 Å². The first-order valence-electron chi connectivity index (χ1n) is 5.39. The van der Waals surface area contributed by atoms with Crippen LogP contribution in [0.5, 0.6) is 0 Å². The SMILES string of the molecule is Nc1cccc(C(=O)Cc2cccc(Cl)c2F)c1. The van der Waals surface area contributed by atoms with Gasteiger partial charge in [0.1, 0.15) is 5.82 Å². The van der Waals surface area contributed by atoms with Crippen LogP contribution in [0.15, 0.2) is 42.5 Å². The molecule has 0 aliphatic heterocycles. The summed E-state index contributed by atoms with van der Waals surface area (Å²) < 4.78 is 13.6. The molecule has 2 N–H and O–H groups in total. The number of anilines is 1. The van der Waals surface area contributed by atoms with Crippen LogP contribution in [0.2, 0.25) is 5.02 Å². The van der Waals surface area contributed by atoms with Gasteiger partial charge in [-0.3, -0.25) is 4.79 Å². The summed E-state index contributed by atoms with van der Waals surface area (Å²) in [5.41, 5.74) is 6.86. The molecule has 0 saturated carbocycles. The monoisotopic (exact) mass is 263 g/mol. The molecule has 0 spiro atoms. The van der Waals surface area contributed by atoms with E-state index in [1.807, 2.05) is 0 Å². The minimum Gasteiger partial charge on any atom is -0.399 e. The molecule has 0 bridgehead atoms. The third-order valence-corrected chi connectivity index (χ3v) is 2.88. The van der Waals surface area contributed by atoms with Gasteiger partial charge in [0.05, 0.1) is 5.02 Å².